The Hall–Kier alpha value is -13.1. The van der Waals surface area contributed by atoms with Crippen molar-refractivity contribution < 1.29 is 81.1 Å². The molecule has 9 amide bonds. The molecule has 0 fully saturated rings. The molecule has 11 N–H and O–H groups in total. The topological polar surface area (TPSA) is 439 Å². The third-order valence-corrected chi connectivity index (χ3v) is 17.7. The number of hydrogen-bond donors (Lipinski definition) is 11. The zero-order chi connectivity index (χ0) is 82.6. The minimum Gasteiger partial charge on any atom is -0.491 e. The Morgan fingerprint density at radius 3 is 1.53 bits per heavy atom. The van der Waals surface area contributed by atoms with E-state index in [1.807, 2.05) is 0 Å². The summed E-state index contributed by atoms with van der Waals surface area (Å²) in [7, 11) is 9.62. The smallest absolute Gasteiger partial charge is 0.291 e. The third-order valence-electron chi connectivity index (χ3n) is 17.7. The number of fused-ring (bicyclic) bond motifs is 1. The number of aryl methyl sites for hydroxylation is 8. The monoisotopic (exact) mass is 1590 g/mol. The number of amides is 9. The number of aliphatic hydroxyl groups is 1. The largest absolute Gasteiger partial charge is 0.491 e. The normalized spacial score (nSPS) is 11.3. The molecule has 3 aromatic carbocycles. The van der Waals surface area contributed by atoms with Gasteiger partial charge in [-0.05, 0) is 111 Å². The first-order valence-electron chi connectivity index (χ1n) is 36.6. The Morgan fingerprint density at radius 2 is 0.991 bits per heavy atom. The zero-order valence-corrected chi connectivity index (χ0v) is 65.2. The van der Waals surface area contributed by atoms with Gasteiger partial charge in [-0.1, -0.05) is 6.07 Å². The molecule has 7 aromatic heterocycles. The van der Waals surface area contributed by atoms with E-state index in [-0.39, 0.29) is 134 Å². The van der Waals surface area contributed by atoms with Crippen LogP contribution in [0.15, 0.2) is 121 Å². The lowest BCUT2D eigenvalue weighted by atomic mass is 9.93. The van der Waals surface area contributed by atoms with Crippen molar-refractivity contribution in [3.8, 4) is 28.4 Å². The zero-order valence-electron chi connectivity index (χ0n) is 65.2. The van der Waals surface area contributed by atoms with Gasteiger partial charge in [0.05, 0.1) is 69.8 Å². The number of carbonyl (C=O) groups excluding carboxylic acids is 9. The van der Waals surface area contributed by atoms with Crippen LogP contribution in [0.2, 0.25) is 0 Å². The number of aromatic nitrogens is 10. The Morgan fingerprint density at radius 1 is 0.487 bits per heavy atom. The molecule has 37 heteroatoms. The van der Waals surface area contributed by atoms with Gasteiger partial charge in [0.25, 0.3) is 41.0 Å². The fourth-order valence-electron chi connectivity index (χ4n) is 11.9. The number of pyridine rings is 1. The third kappa shape index (κ3) is 23.1. The van der Waals surface area contributed by atoms with Crippen LogP contribution in [0.4, 0.5) is 33.1 Å². The average molecular weight is 1590 g/mol. The molecule has 0 atom stereocenters. The number of ether oxygens (including phenoxy) is 6. The first-order chi connectivity index (χ1) is 55.0. The fourth-order valence-corrected chi connectivity index (χ4v) is 11.9. The van der Waals surface area contributed by atoms with Gasteiger partial charge in [0.1, 0.15) is 52.3 Å². The van der Waals surface area contributed by atoms with Crippen LogP contribution < -0.4 is 62.9 Å². The van der Waals surface area contributed by atoms with Crippen LogP contribution in [0.1, 0.15) is 113 Å². The van der Waals surface area contributed by atoms with Crippen molar-refractivity contribution >= 4 is 92.8 Å². The molecule has 0 aliphatic heterocycles. The number of anilines is 5. The second kappa shape index (κ2) is 38.9. The van der Waals surface area contributed by atoms with Gasteiger partial charge in [0.2, 0.25) is 29.4 Å². The Labute approximate surface area is 658 Å². The van der Waals surface area contributed by atoms with Gasteiger partial charge < -0.3 is 114 Å². The molecule has 0 saturated heterocycles. The number of aromatic amines is 1. The standard InChI is InChI=1S/C78H92FN19O17/c1-46-35-49(79)36-47(2)67(46)115-60-16-11-48(78(3,4)109)37-54(60)56-43-98(10)77(108)66-55(56)40-57(88-66)71(102)85-50-12-14-53(15-13-50)114-34-33-113-32-31-112-30-29-111-28-27-110-26-24-80-63(99)17-20-84-74(105)69-91-61(44-96(69)8)89-64(100)18-21-83-73(104)59-39-52(42-95(59)7)87-76(107)70-92-62(45-97(70)9)90-65(101)19-22-82-72(103)58-38-51(41-94(58)6)86-75(106)68-81-23-25-93(68)5/h11-16,23,25,35-45,88,109H,17-22,24,26-34H2,1-10H3,(H,80,99)(H,82,103)(H,83,104)(H,84,105)(H,85,102)(H,86,106)(H,87,107)(H,89,100)(H,90,101). The summed E-state index contributed by atoms with van der Waals surface area (Å²) < 4.78 is 57.6. The maximum absolute atomic E-state index is 14.3. The van der Waals surface area contributed by atoms with E-state index in [1.165, 1.54) is 71.9 Å². The number of halogens is 1. The minimum atomic E-state index is -1.23. The van der Waals surface area contributed by atoms with Crippen LogP contribution in [0.5, 0.6) is 17.2 Å². The van der Waals surface area contributed by atoms with E-state index in [9.17, 15) is 57.4 Å². The van der Waals surface area contributed by atoms with Gasteiger partial charge in [-0.25, -0.2) is 19.3 Å². The highest BCUT2D eigenvalue weighted by Gasteiger charge is 2.26. The Bertz CT molecular complexity index is 5250. The van der Waals surface area contributed by atoms with Crippen molar-refractivity contribution in [2.45, 2.75) is 52.6 Å². The Balaban J connectivity index is 0.527. The molecule has 0 saturated carbocycles. The Kier molecular flexibility index (Phi) is 28.5. The molecule has 0 aliphatic carbocycles. The van der Waals surface area contributed by atoms with Crippen molar-refractivity contribution in [3.63, 3.8) is 0 Å². The summed E-state index contributed by atoms with van der Waals surface area (Å²) in [6.45, 7) is 9.60. The predicted molar refractivity (Wildman–Crippen MR) is 421 cm³/mol. The molecule has 10 aromatic rings. The predicted octanol–water partition coefficient (Wildman–Crippen LogP) is 5.84. The van der Waals surface area contributed by atoms with Gasteiger partial charge in [-0.15, -0.1) is 0 Å². The number of hydrogen-bond acceptors (Lipinski definition) is 20. The highest BCUT2D eigenvalue weighted by atomic mass is 19.1. The molecule has 0 aliphatic rings. The summed E-state index contributed by atoms with van der Waals surface area (Å²) >= 11 is 0. The van der Waals surface area contributed by atoms with E-state index in [0.717, 1.165) is 0 Å². The van der Waals surface area contributed by atoms with E-state index in [1.54, 1.807) is 142 Å². The molecular weight excluding hydrogens is 1490 g/mol. The first kappa shape index (κ1) is 84.4. The number of imidazole rings is 3. The molecule has 0 spiro atoms. The number of rotatable bonds is 40. The number of H-pyrrole nitrogens is 1. The first-order valence-corrected chi connectivity index (χ1v) is 36.6. The summed E-state index contributed by atoms with van der Waals surface area (Å²) in [5, 5.41) is 35.6. The van der Waals surface area contributed by atoms with E-state index < -0.39 is 58.7 Å². The van der Waals surface area contributed by atoms with E-state index in [0.29, 0.717) is 101 Å². The average Bonchev–Trinajstić information content (AvgIpc) is 1.61. The molecule has 0 bridgehead atoms. The summed E-state index contributed by atoms with van der Waals surface area (Å²) in [5.74, 6) is -3.24. The maximum atomic E-state index is 14.3. The summed E-state index contributed by atoms with van der Waals surface area (Å²) in [6.07, 6.45) is 10.4. The van der Waals surface area contributed by atoms with Crippen molar-refractivity contribution in [1.82, 2.24) is 68.6 Å². The molecule has 0 unspecified atom stereocenters. The quantitative estimate of drug-likeness (QED) is 0.0201. The van der Waals surface area contributed by atoms with E-state index in [4.69, 9.17) is 28.4 Å². The van der Waals surface area contributed by atoms with Gasteiger partial charge in [-0.3, -0.25) is 47.9 Å². The van der Waals surface area contributed by atoms with Crippen LogP contribution in [0.25, 0.3) is 22.0 Å². The molecule has 115 heavy (non-hydrogen) atoms. The summed E-state index contributed by atoms with van der Waals surface area (Å²) in [4.78, 5) is 146. The van der Waals surface area contributed by atoms with Crippen LogP contribution in [0, 0.1) is 19.7 Å². The van der Waals surface area contributed by atoms with Gasteiger partial charge >= 0.3 is 0 Å². The molecule has 0 radical (unpaired) electrons. The molecule has 608 valence electrons. The SMILES string of the molecule is Cc1cc(F)cc(C)c1Oc1ccc(C(C)(C)O)cc1-c1cn(C)c(=O)c2[nH]c(C(=O)Nc3ccc(OCCOCCOCCOCCOCCNC(=O)CCNC(=O)c4nc(NC(=O)CCNC(=O)c5cc(NC(=O)c6nc(NC(=O)CCNC(=O)c7cc(NC(=O)c8nccn8C)cn7C)cn6C)cn5C)cn4C)cc3)cc12. The maximum Gasteiger partial charge on any atom is 0.291 e. The number of carbonyl (C=O) groups is 9. The van der Waals surface area contributed by atoms with E-state index in [2.05, 4.69) is 67.8 Å². The molecule has 7 heterocycles. The summed E-state index contributed by atoms with van der Waals surface area (Å²) in [6, 6.07) is 19.3. The molecule has 36 nitrogen and oxygen atoms in total. The van der Waals surface area contributed by atoms with Gasteiger partial charge in [0, 0.05) is 153 Å². The van der Waals surface area contributed by atoms with Crippen molar-refractivity contribution in [2.75, 3.05) is 112 Å². The van der Waals surface area contributed by atoms with Crippen LogP contribution in [-0.4, -0.2) is 191 Å². The number of nitrogens with one attached hydrogen (secondary N) is 10. The second-order valence-corrected chi connectivity index (χ2v) is 27.3. The van der Waals surface area contributed by atoms with Crippen LogP contribution in [0.3, 0.4) is 0 Å². The minimum absolute atomic E-state index is 0.00282. The lowest BCUT2D eigenvalue weighted by Gasteiger charge is -2.22. The second-order valence-electron chi connectivity index (χ2n) is 27.3. The molecule has 10 rings (SSSR count). The number of nitrogens with zero attached hydrogens (tertiary/aromatic N) is 9. The highest BCUT2D eigenvalue weighted by Crippen LogP contribution is 2.41. The van der Waals surface area contributed by atoms with Crippen molar-refractivity contribution in [1.29, 1.82) is 0 Å². The van der Waals surface area contributed by atoms with Crippen molar-refractivity contribution in [3.05, 3.63) is 184 Å². The van der Waals surface area contributed by atoms with E-state index >= 15 is 0 Å². The van der Waals surface area contributed by atoms with Gasteiger partial charge in [-0.2, -0.15) is 0 Å². The lowest BCUT2D eigenvalue weighted by molar-refractivity contribution is -0.121. The van der Waals surface area contributed by atoms with Crippen molar-refractivity contribution in [2.24, 2.45) is 42.3 Å². The number of benzene rings is 3. The highest BCUT2D eigenvalue weighted by molar-refractivity contribution is 6.09. The fraction of sp³-hybridized carbons (Fsp3) is 0.346. The molecular formula is C78H92FN19O17. The summed E-state index contributed by atoms with van der Waals surface area (Å²) in [5.41, 5.74) is 3.04. The van der Waals surface area contributed by atoms with Crippen LogP contribution in [-0.2, 0) is 81.2 Å². The van der Waals surface area contributed by atoms with Crippen LogP contribution >= 0.6 is 0 Å². The lowest BCUT2D eigenvalue weighted by Crippen LogP contribution is -2.33. The van der Waals surface area contributed by atoms with Gasteiger partial charge in [0.15, 0.2) is 17.5 Å².